The zero-order valence-corrected chi connectivity index (χ0v) is 16.8. The van der Waals surface area contributed by atoms with E-state index in [2.05, 4.69) is 9.84 Å². The van der Waals surface area contributed by atoms with Crippen LogP contribution in [0.2, 0.25) is 5.02 Å². The maximum atomic E-state index is 12.7. The van der Waals surface area contributed by atoms with Crippen molar-refractivity contribution < 1.29 is 19.1 Å². The van der Waals surface area contributed by atoms with Crippen molar-refractivity contribution in [2.24, 2.45) is 5.10 Å². The number of benzene rings is 2. The Morgan fingerprint density at radius 2 is 1.76 bits per heavy atom. The number of halogens is 1. The van der Waals surface area contributed by atoms with E-state index < -0.39 is 5.97 Å². The molecule has 0 spiro atoms. The lowest BCUT2D eigenvalue weighted by Crippen LogP contribution is -2.41. The average molecular weight is 414 g/mol. The zero-order chi connectivity index (χ0) is 21.0. The smallest absolute Gasteiger partial charge is 0.337 e. The fourth-order valence-electron chi connectivity index (χ4n) is 2.89. The Balaban J connectivity index is 1.72. The van der Waals surface area contributed by atoms with Crippen molar-refractivity contribution in [1.29, 1.82) is 0 Å². The van der Waals surface area contributed by atoms with E-state index in [1.165, 1.54) is 17.0 Å². The van der Waals surface area contributed by atoms with Gasteiger partial charge in [0.25, 0.3) is 0 Å². The molecule has 1 heterocycles. The van der Waals surface area contributed by atoms with Crippen LogP contribution in [-0.4, -0.2) is 49.2 Å². The van der Waals surface area contributed by atoms with Crippen LogP contribution in [-0.2, 0) is 14.3 Å². The molecule has 0 aromatic heterocycles. The number of rotatable bonds is 5. The number of likely N-dealkylation sites (N-methyl/N-ethyl adjacent to an activating group) is 1. The van der Waals surface area contributed by atoms with E-state index >= 15 is 0 Å². The first kappa shape index (κ1) is 20.5. The van der Waals surface area contributed by atoms with Gasteiger partial charge in [0.05, 0.1) is 18.4 Å². The minimum atomic E-state index is -0.450. The maximum Gasteiger partial charge on any atom is 0.337 e. The van der Waals surface area contributed by atoms with Gasteiger partial charge >= 0.3 is 5.97 Å². The third-order valence-corrected chi connectivity index (χ3v) is 4.87. The van der Waals surface area contributed by atoms with Crippen molar-refractivity contribution in [3.8, 4) is 0 Å². The van der Waals surface area contributed by atoms with Crippen LogP contribution in [0.5, 0.6) is 0 Å². The van der Waals surface area contributed by atoms with Crippen LogP contribution in [0.1, 0.15) is 28.8 Å². The molecule has 2 aromatic carbocycles. The number of nitrogens with zero attached hydrogens (tertiary/aromatic N) is 3. The van der Waals surface area contributed by atoms with Crippen molar-refractivity contribution in [3.63, 3.8) is 0 Å². The number of amides is 2. The largest absolute Gasteiger partial charge is 0.465 e. The standard InChI is InChI=1S/C21H20ClN3O4/c1-24(17-9-5-15(6-10-17)21(28)29-2)20(27)13-25-19(26)12-11-18(23-25)14-3-7-16(22)8-4-14/h3-10H,11-13H2,1-2H3. The van der Waals surface area contributed by atoms with Gasteiger partial charge in [-0.05, 0) is 42.0 Å². The van der Waals surface area contributed by atoms with Crippen molar-refractivity contribution in [2.45, 2.75) is 12.8 Å². The second-order valence-electron chi connectivity index (χ2n) is 6.50. The van der Waals surface area contributed by atoms with Crippen LogP contribution < -0.4 is 4.90 Å². The Labute approximate surface area is 173 Å². The number of esters is 1. The molecule has 0 saturated carbocycles. The van der Waals surface area contributed by atoms with Crippen LogP contribution in [0, 0.1) is 0 Å². The fraction of sp³-hybridized carbons (Fsp3) is 0.238. The molecule has 150 valence electrons. The highest BCUT2D eigenvalue weighted by atomic mass is 35.5. The van der Waals surface area contributed by atoms with E-state index in [0.717, 1.165) is 11.3 Å². The Morgan fingerprint density at radius 1 is 1.10 bits per heavy atom. The fourth-order valence-corrected chi connectivity index (χ4v) is 3.02. The second kappa shape index (κ2) is 8.87. The molecule has 2 amide bonds. The summed E-state index contributed by atoms with van der Waals surface area (Å²) in [7, 11) is 2.91. The first-order valence-corrected chi connectivity index (χ1v) is 9.35. The molecule has 3 rings (SSSR count). The molecule has 0 saturated heterocycles. The van der Waals surface area contributed by atoms with Crippen molar-refractivity contribution in [2.75, 3.05) is 25.6 Å². The Morgan fingerprint density at radius 3 is 2.38 bits per heavy atom. The number of carbonyl (C=O) groups excluding carboxylic acids is 3. The number of anilines is 1. The Kier molecular flexibility index (Phi) is 6.29. The molecule has 0 bridgehead atoms. The summed E-state index contributed by atoms with van der Waals surface area (Å²) >= 11 is 5.92. The van der Waals surface area contributed by atoms with Crippen molar-refractivity contribution in [3.05, 3.63) is 64.7 Å². The monoisotopic (exact) mass is 413 g/mol. The summed E-state index contributed by atoms with van der Waals surface area (Å²) in [6.07, 6.45) is 0.794. The summed E-state index contributed by atoms with van der Waals surface area (Å²) in [4.78, 5) is 37.9. The molecular formula is C21H20ClN3O4. The quantitative estimate of drug-likeness (QED) is 0.705. The lowest BCUT2D eigenvalue weighted by Gasteiger charge is -2.25. The SMILES string of the molecule is COC(=O)c1ccc(N(C)C(=O)CN2N=C(c3ccc(Cl)cc3)CCC2=O)cc1. The average Bonchev–Trinajstić information content (AvgIpc) is 2.75. The summed E-state index contributed by atoms with van der Waals surface area (Å²) < 4.78 is 4.66. The molecule has 8 heteroatoms. The molecular weight excluding hydrogens is 394 g/mol. The number of hydrazone groups is 1. The molecule has 2 aromatic rings. The number of carbonyl (C=O) groups is 3. The van der Waals surface area contributed by atoms with Gasteiger partial charge in [0.15, 0.2) is 0 Å². The molecule has 0 aliphatic carbocycles. The summed E-state index contributed by atoms with van der Waals surface area (Å²) in [5, 5.41) is 6.20. The van der Waals surface area contributed by atoms with Crippen LogP contribution >= 0.6 is 11.6 Å². The lowest BCUT2D eigenvalue weighted by molar-refractivity contribution is -0.135. The van der Waals surface area contributed by atoms with Gasteiger partial charge < -0.3 is 9.64 Å². The minimum Gasteiger partial charge on any atom is -0.465 e. The van der Waals surface area contributed by atoms with Gasteiger partial charge in [-0.25, -0.2) is 9.80 Å². The number of methoxy groups -OCH3 is 1. The molecule has 0 unspecified atom stereocenters. The molecule has 0 radical (unpaired) electrons. The highest BCUT2D eigenvalue weighted by Gasteiger charge is 2.25. The topological polar surface area (TPSA) is 79.3 Å². The highest BCUT2D eigenvalue weighted by Crippen LogP contribution is 2.19. The van der Waals surface area contributed by atoms with Crippen LogP contribution in [0.3, 0.4) is 0 Å². The van der Waals surface area contributed by atoms with E-state index in [1.807, 2.05) is 12.1 Å². The molecule has 0 fully saturated rings. The van der Waals surface area contributed by atoms with Gasteiger partial charge in [0.1, 0.15) is 6.54 Å². The predicted octanol–water partition coefficient (Wildman–Crippen LogP) is 3.12. The highest BCUT2D eigenvalue weighted by molar-refractivity contribution is 6.30. The summed E-state index contributed by atoms with van der Waals surface area (Å²) in [5.74, 6) is -0.954. The first-order valence-electron chi connectivity index (χ1n) is 8.97. The maximum absolute atomic E-state index is 12.7. The minimum absolute atomic E-state index is 0.175. The molecule has 0 N–H and O–H groups in total. The summed E-state index contributed by atoms with van der Waals surface area (Å²) in [6, 6.07) is 13.6. The van der Waals surface area contributed by atoms with Crippen molar-refractivity contribution >= 4 is 40.8 Å². The van der Waals surface area contributed by atoms with Gasteiger partial charge in [-0.2, -0.15) is 5.10 Å². The third kappa shape index (κ3) is 4.81. The zero-order valence-electron chi connectivity index (χ0n) is 16.1. The van der Waals surface area contributed by atoms with Crippen LogP contribution in [0.25, 0.3) is 0 Å². The second-order valence-corrected chi connectivity index (χ2v) is 6.93. The van der Waals surface area contributed by atoms with Gasteiger partial charge in [0.2, 0.25) is 11.8 Å². The van der Waals surface area contributed by atoms with E-state index in [1.54, 1.807) is 43.4 Å². The molecule has 0 atom stereocenters. The first-order chi connectivity index (χ1) is 13.9. The predicted molar refractivity (Wildman–Crippen MR) is 110 cm³/mol. The lowest BCUT2D eigenvalue weighted by atomic mass is 10.0. The van der Waals surface area contributed by atoms with E-state index in [9.17, 15) is 14.4 Å². The van der Waals surface area contributed by atoms with E-state index in [-0.39, 0.29) is 24.8 Å². The van der Waals surface area contributed by atoms with Gasteiger partial charge in [-0.1, -0.05) is 23.7 Å². The van der Waals surface area contributed by atoms with Crippen LogP contribution in [0.4, 0.5) is 5.69 Å². The van der Waals surface area contributed by atoms with E-state index in [0.29, 0.717) is 22.7 Å². The number of hydrogen-bond donors (Lipinski definition) is 0. The van der Waals surface area contributed by atoms with Gasteiger partial charge in [-0.3, -0.25) is 9.59 Å². The van der Waals surface area contributed by atoms with Crippen LogP contribution in [0.15, 0.2) is 53.6 Å². The van der Waals surface area contributed by atoms with E-state index in [4.69, 9.17) is 11.6 Å². The summed E-state index contributed by atoms with van der Waals surface area (Å²) in [5.41, 5.74) is 2.58. The summed E-state index contributed by atoms with van der Waals surface area (Å²) in [6.45, 7) is -0.175. The molecule has 1 aliphatic rings. The number of ether oxygens (including phenoxy) is 1. The Hall–Kier alpha value is -3.19. The normalized spacial score (nSPS) is 13.7. The Bertz CT molecular complexity index is 955. The van der Waals surface area contributed by atoms with Crippen molar-refractivity contribution in [1.82, 2.24) is 5.01 Å². The van der Waals surface area contributed by atoms with Gasteiger partial charge in [0, 0.05) is 30.6 Å². The number of hydrogen-bond acceptors (Lipinski definition) is 5. The molecule has 1 aliphatic heterocycles. The van der Waals surface area contributed by atoms with Gasteiger partial charge in [-0.15, -0.1) is 0 Å². The molecule has 29 heavy (non-hydrogen) atoms. The molecule has 7 nitrogen and oxygen atoms in total. The third-order valence-electron chi connectivity index (χ3n) is 4.62.